The molecule has 6 heteroatoms. The van der Waals surface area contributed by atoms with Crippen LogP contribution in [0.2, 0.25) is 5.02 Å². The van der Waals surface area contributed by atoms with Crippen LogP contribution in [0.25, 0.3) is 0 Å². The molecule has 1 aromatic heterocycles. The first-order valence-corrected chi connectivity index (χ1v) is 8.76. The van der Waals surface area contributed by atoms with E-state index in [1.807, 2.05) is 24.3 Å². The number of amides is 1. The second-order valence-corrected chi connectivity index (χ2v) is 7.27. The third-order valence-corrected chi connectivity index (χ3v) is 5.08. The topological polar surface area (TPSA) is 58.4 Å². The van der Waals surface area contributed by atoms with Crippen molar-refractivity contribution in [2.75, 3.05) is 18.0 Å². The first-order chi connectivity index (χ1) is 11.6. The third kappa shape index (κ3) is 3.13. The first kappa shape index (κ1) is 15.5. The number of aromatic nitrogens is 1. The molecule has 1 amide bonds. The monoisotopic (exact) mass is 345 g/mol. The molecule has 4 rings (SSSR count). The number of carbonyl (C=O) groups excluding carboxylic acids is 1. The Labute approximate surface area is 146 Å². The summed E-state index contributed by atoms with van der Waals surface area (Å²) in [4.78, 5) is 14.7. The van der Waals surface area contributed by atoms with E-state index in [0.717, 1.165) is 42.4 Å². The van der Waals surface area contributed by atoms with Crippen molar-refractivity contribution in [1.82, 2.24) is 10.5 Å². The van der Waals surface area contributed by atoms with Crippen LogP contribution in [0, 0.1) is 5.92 Å². The van der Waals surface area contributed by atoms with Crippen LogP contribution in [-0.2, 0) is 0 Å². The van der Waals surface area contributed by atoms with E-state index in [9.17, 15) is 4.79 Å². The lowest BCUT2D eigenvalue weighted by Gasteiger charge is -2.19. The van der Waals surface area contributed by atoms with Crippen molar-refractivity contribution < 1.29 is 9.32 Å². The minimum atomic E-state index is -0.157. The normalized spacial score (nSPS) is 23.5. The minimum absolute atomic E-state index is 0.0811. The molecular formula is C18H20ClN3O2. The van der Waals surface area contributed by atoms with Crippen molar-refractivity contribution >= 4 is 23.2 Å². The maximum absolute atomic E-state index is 12.4. The van der Waals surface area contributed by atoms with E-state index in [0.29, 0.717) is 17.5 Å². The minimum Gasteiger partial charge on any atom is -0.369 e. The Morgan fingerprint density at radius 3 is 2.92 bits per heavy atom. The predicted octanol–water partition coefficient (Wildman–Crippen LogP) is 3.46. The zero-order valence-corrected chi connectivity index (χ0v) is 14.3. The maximum Gasteiger partial charge on any atom is 0.273 e. The average Bonchev–Trinajstić information content (AvgIpc) is 3.18. The second-order valence-electron chi connectivity index (χ2n) is 6.83. The van der Waals surface area contributed by atoms with E-state index in [2.05, 4.69) is 22.3 Å². The van der Waals surface area contributed by atoms with Gasteiger partial charge in [0.15, 0.2) is 5.69 Å². The highest BCUT2D eigenvalue weighted by Gasteiger charge is 2.33. The molecule has 1 aromatic carbocycles. The molecule has 1 N–H and O–H groups in total. The van der Waals surface area contributed by atoms with Gasteiger partial charge in [0.05, 0.1) is 6.04 Å². The number of hydrogen-bond acceptors (Lipinski definition) is 4. The quantitative estimate of drug-likeness (QED) is 0.922. The molecule has 0 radical (unpaired) electrons. The predicted molar refractivity (Wildman–Crippen MR) is 92.6 cm³/mol. The van der Waals surface area contributed by atoms with Gasteiger partial charge in [0.2, 0.25) is 0 Å². The van der Waals surface area contributed by atoms with Crippen molar-refractivity contribution in [3.8, 4) is 0 Å². The third-order valence-electron chi connectivity index (χ3n) is 4.84. The van der Waals surface area contributed by atoms with Gasteiger partial charge < -0.3 is 14.7 Å². The smallest absolute Gasteiger partial charge is 0.273 e. The molecule has 0 bridgehead atoms. The lowest BCUT2D eigenvalue weighted by molar-refractivity contribution is 0.0924. The van der Waals surface area contributed by atoms with Crippen molar-refractivity contribution in [1.29, 1.82) is 0 Å². The molecule has 1 saturated carbocycles. The highest BCUT2D eigenvalue weighted by atomic mass is 35.5. The van der Waals surface area contributed by atoms with Gasteiger partial charge in [-0.1, -0.05) is 29.7 Å². The van der Waals surface area contributed by atoms with E-state index >= 15 is 0 Å². The highest BCUT2D eigenvalue weighted by Crippen LogP contribution is 2.40. The number of rotatable bonds is 4. The lowest BCUT2D eigenvalue weighted by atomic mass is 10.1. The van der Waals surface area contributed by atoms with Crippen molar-refractivity contribution in [3.63, 3.8) is 0 Å². The first-order valence-electron chi connectivity index (χ1n) is 8.38. The fourth-order valence-corrected chi connectivity index (χ4v) is 3.42. The molecule has 1 aliphatic heterocycles. The fourth-order valence-electron chi connectivity index (χ4n) is 3.24. The Bertz CT molecular complexity index is 756. The van der Waals surface area contributed by atoms with Gasteiger partial charge in [0, 0.05) is 35.8 Å². The number of anilines is 1. The van der Waals surface area contributed by atoms with Gasteiger partial charge in [0.1, 0.15) is 5.76 Å². The number of hydrogen-bond donors (Lipinski definition) is 1. The standard InChI is InChI=1S/C18H20ClN3O2/c1-11-9-22(14-4-2-3-13(19)7-14)10-16(11)20-18(23)15-8-17(24-21-15)12-5-6-12/h2-4,7-8,11-12,16H,5-6,9-10H2,1H3,(H,20,23). The Hall–Kier alpha value is -2.01. The highest BCUT2D eigenvalue weighted by molar-refractivity contribution is 6.30. The van der Waals surface area contributed by atoms with Crippen LogP contribution in [-0.4, -0.2) is 30.2 Å². The van der Waals surface area contributed by atoms with Gasteiger partial charge in [-0.25, -0.2) is 0 Å². The van der Waals surface area contributed by atoms with E-state index < -0.39 is 0 Å². The Kier molecular flexibility index (Phi) is 3.96. The molecule has 2 aliphatic rings. The van der Waals surface area contributed by atoms with Crippen LogP contribution in [0.5, 0.6) is 0 Å². The van der Waals surface area contributed by atoms with Gasteiger partial charge in [-0.2, -0.15) is 0 Å². The van der Waals surface area contributed by atoms with Gasteiger partial charge in [-0.3, -0.25) is 4.79 Å². The van der Waals surface area contributed by atoms with Crippen LogP contribution in [0.15, 0.2) is 34.9 Å². The number of benzene rings is 1. The molecular weight excluding hydrogens is 326 g/mol. The summed E-state index contributed by atoms with van der Waals surface area (Å²) in [5, 5.41) is 7.74. The van der Waals surface area contributed by atoms with Gasteiger partial charge in [0.25, 0.3) is 5.91 Å². The number of nitrogens with zero attached hydrogens (tertiary/aromatic N) is 2. The molecule has 1 saturated heterocycles. The zero-order valence-electron chi connectivity index (χ0n) is 13.5. The van der Waals surface area contributed by atoms with Gasteiger partial charge in [-0.15, -0.1) is 0 Å². The molecule has 5 nitrogen and oxygen atoms in total. The van der Waals surface area contributed by atoms with E-state index in [-0.39, 0.29) is 11.9 Å². The lowest BCUT2D eigenvalue weighted by Crippen LogP contribution is -2.40. The molecule has 2 atom stereocenters. The second kappa shape index (κ2) is 6.13. The van der Waals surface area contributed by atoms with E-state index in [1.54, 1.807) is 6.07 Å². The Morgan fingerprint density at radius 2 is 2.17 bits per heavy atom. The van der Waals surface area contributed by atoms with Crippen LogP contribution >= 0.6 is 11.6 Å². The van der Waals surface area contributed by atoms with Gasteiger partial charge >= 0.3 is 0 Å². The van der Waals surface area contributed by atoms with Crippen LogP contribution in [0.4, 0.5) is 5.69 Å². The van der Waals surface area contributed by atoms with Crippen molar-refractivity contribution in [3.05, 3.63) is 46.8 Å². The summed E-state index contributed by atoms with van der Waals surface area (Å²) >= 11 is 6.08. The van der Waals surface area contributed by atoms with Crippen LogP contribution < -0.4 is 10.2 Å². The SMILES string of the molecule is CC1CN(c2cccc(Cl)c2)CC1NC(=O)c1cc(C2CC2)on1. The fraction of sp³-hybridized carbons (Fsp3) is 0.444. The maximum atomic E-state index is 12.4. The van der Waals surface area contributed by atoms with Crippen molar-refractivity contribution in [2.24, 2.45) is 5.92 Å². The zero-order chi connectivity index (χ0) is 16.7. The molecule has 2 aromatic rings. The summed E-state index contributed by atoms with van der Waals surface area (Å²) in [7, 11) is 0. The molecule has 2 heterocycles. The Morgan fingerprint density at radius 1 is 1.33 bits per heavy atom. The number of carbonyl (C=O) groups is 1. The molecule has 2 unspecified atom stereocenters. The number of nitrogens with one attached hydrogen (secondary N) is 1. The van der Waals surface area contributed by atoms with Crippen LogP contribution in [0.1, 0.15) is 41.9 Å². The average molecular weight is 346 g/mol. The van der Waals surface area contributed by atoms with E-state index in [1.165, 1.54) is 0 Å². The molecule has 126 valence electrons. The van der Waals surface area contributed by atoms with E-state index in [4.69, 9.17) is 16.1 Å². The van der Waals surface area contributed by atoms with Gasteiger partial charge in [-0.05, 0) is 37.0 Å². The summed E-state index contributed by atoms with van der Waals surface area (Å²) < 4.78 is 5.27. The number of halogens is 1. The largest absolute Gasteiger partial charge is 0.369 e. The Balaban J connectivity index is 1.41. The molecule has 2 fully saturated rings. The summed E-state index contributed by atoms with van der Waals surface area (Å²) in [6.07, 6.45) is 2.26. The van der Waals surface area contributed by atoms with Crippen molar-refractivity contribution in [2.45, 2.75) is 31.7 Å². The summed E-state index contributed by atoms with van der Waals surface area (Å²) in [6.45, 7) is 3.80. The molecule has 0 spiro atoms. The summed E-state index contributed by atoms with van der Waals surface area (Å²) in [5.41, 5.74) is 1.47. The molecule has 1 aliphatic carbocycles. The molecule has 24 heavy (non-hydrogen) atoms. The summed E-state index contributed by atoms with van der Waals surface area (Å²) in [5.74, 6) is 1.49. The summed E-state index contributed by atoms with van der Waals surface area (Å²) in [6, 6.07) is 9.67. The van der Waals surface area contributed by atoms with Crippen LogP contribution in [0.3, 0.4) is 0 Å².